The zero-order chi connectivity index (χ0) is 25.4. The summed E-state index contributed by atoms with van der Waals surface area (Å²) in [5.74, 6) is -0.539. The number of hydrogen-bond donors (Lipinski definition) is 1. The number of carbonyl (C=O) groups is 1. The second-order valence-electron chi connectivity index (χ2n) is 7.60. The summed E-state index contributed by atoms with van der Waals surface area (Å²) in [5, 5.41) is 4.11. The minimum atomic E-state index is -5.04. The summed E-state index contributed by atoms with van der Waals surface area (Å²) in [6, 6.07) is 13.0. The summed E-state index contributed by atoms with van der Waals surface area (Å²) in [4.78, 5) is 10.5. The minimum Gasteiger partial charge on any atom is -0.494 e. The second kappa shape index (κ2) is 9.06. The summed E-state index contributed by atoms with van der Waals surface area (Å²) in [6.45, 7) is 3.07. The highest BCUT2D eigenvalue weighted by atomic mass is 32.2. The lowest BCUT2D eigenvalue weighted by atomic mass is 9.95. The van der Waals surface area contributed by atoms with E-state index >= 15 is 0 Å². The van der Waals surface area contributed by atoms with Gasteiger partial charge in [0.25, 0.3) is 10.0 Å². The van der Waals surface area contributed by atoms with Crippen LogP contribution >= 0.6 is 0 Å². The van der Waals surface area contributed by atoms with E-state index < -0.39 is 32.6 Å². The van der Waals surface area contributed by atoms with E-state index in [2.05, 4.69) is 5.10 Å². The summed E-state index contributed by atoms with van der Waals surface area (Å²) in [7, 11) is -4.87. The van der Waals surface area contributed by atoms with Gasteiger partial charge in [0.05, 0.1) is 17.7 Å². The van der Waals surface area contributed by atoms with E-state index in [0.29, 0.717) is 23.4 Å². The van der Waals surface area contributed by atoms with E-state index in [1.54, 1.807) is 36.0 Å². The molecule has 0 aliphatic heterocycles. The fourth-order valence-electron chi connectivity index (χ4n) is 3.83. The highest BCUT2D eigenvalue weighted by Crippen LogP contribution is 2.43. The van der Waals surface area contributed by atoms with Crippen LogP contribution in [0.2, 0.25) is 0 Å². The van der Waals surface area contributed by atoms with Crippen molar-refractivity contribution < 1.29 is 31.1 Å². The van der Waals surface area contributed by atoms with Crippen molar-refractivity contribution in [1.82, 2.24) is 14.3 Å². The van der Waals surface area contributed by atoms with Crippen LogP contribution in [0.4, 0.5) is 13.2 Å². The molecule has 0 atom stereocenters. The summed E-state index contributed by atoms with van der Waals surface area (Å²) >= 11 is 0. The normalized spacial score (nSPS) is 12.0. The van der Waals surface area contributed by atoms with Crippen molar-refractivity contribution in [3.63, 3.8) is 0 Å². The lowest BCUT2D eigenvalue weighted by Crippen LogP contribution is -2.30. The molecule has 7 nitrogen and oxygen atoms in total. The van der Waals surface area contributed by atoms with Crippen LogP contribution in [0.1, 0.15) is 19.4 Å². The number of carbonyl (C=O) groups excluding carboxylic acids is 1. The van der Waals surface area contributed by atoms with E-state index in [-0.39, 0.29) is 16.7 Å². The van der Waals surface area contributed by atoms with Crippen LogP contribution in [0.25, 0.3) is 27.8 Å². The molecule has 0 fully saturated rings. The number of alkyl halides is 3. The molecular formula is C24H20F3N3O4S. The molecule has 2 heterocycles. The monoisotopic (exact) mass is 503 g/mol. The first-order valence-corrected chi connectivity index (χ1v) is 11.9. The Bertz CT molecular complexity index is 1510. The van der Waals surface area contributed by atoms with Gasteiger partial charge in [-0.05, 0) is 54.4 Å². The van der Waals surface area contributed by atoms with Crippen molar-refractivity contribution >= 4 is 21.4 Å². The highest BCUT2D eigenvalue weighted by Gasteiger charge is 2.40. The molecule has 2 aromatic heterocycles. The number of ether oxygens (including phenoxy) is 1. The lowest BCUT2D eigenvalue weighted by molar-refractivity contribution is -0.139. The number of pyridine rings is 1. The summed E-state index contributed by atoms with van der Waals surface area (Å²) < 4.78 is 77.5. The number of aromatic nitrogens is 2. The molecule has 0 aliphatic rings. The van der Waals surface area contributed by atoms with Crippen LogP contribution in [0, 0.1) is 0 Å². The van der Waals surface area contributed by atoms with Crippen molar-refractivity contribution in [3.8, 4) is 28.0 Å². The molecule has 0 spiro atoms. The first-order chi connectivity index (χ1) is 16.5. The highest BCUT2D eigenvalue weighted by molar-refractivity contribution is 7.90. The van der Waals surface area contributed by atoms with Crippen molar-refractivity contribution in [2.24, 2.45) is 0 Å². The fourth-order valence-corrected chi connectivity index (χ4v) is 5.24. The van der Waals surface area contributed by atoms with Gasteiger partial charge in [0.15, 0.2) is 0 Å². The predicted molar refractivity (Wildman–Crippen MR) is 123 cm³/mol. The SMILES string of the molecule is CCOc1ccc(-c2cc(-c3cccn4nccc34)cc(C(F)(F)F)c2S(=O)(=O)NC(C)=O)cc1. The Morgan fingerprint density at radius 2 is 1.77 bits per heavy atom. The molecular weight excluding hydrogens is 483 g/mol. The molecule has 182 valence electrons. The van der Waals surface area contributed by atoms with Crippen LogP contribution in [-0.4, -0.2) is 30.5 Å². The molecule has 1 N–H and O–H groups in total. The standard InChI is InChI=1S/C24H20F3N3O4S/c1-3-34-18-8-6-16(7-9-18)20-13-17(19-5-4-12-30-22(19)10-11-28-30)14-21(24(25,26)27)23(20)35(32,33)29-15(2)31/h4-14H,3H2,1-2H3,(H,29,31). The van der Waals surface area contributed by atoms with Gasteiger partial charge in [0.2, 0.25) is 5.91 Å². The summed E-state index contributed by atoms with van der Waals surface area (Å²) in [6.07, 6.45) is -1.89. The topological polar surface area (TPSA) is 89.8 Å². The summed E-state index contributed by atoms with van der Waals surface area (Å²) in [5.41, 5.74) is -0.316. The van der Waals surface area contributed by atoms with Crippen LogP contribution in [0.3, 0.4) is 0 Å². The van der Waals surface area contributed by atoms with E-state index in [1.807, 2.05) is 0 Å². The number of hydrogen-bond acceptors (Lipinski definition) is 5. The maximum absolute atomic E-state index is 14.3. The smallest absolute Gasteiger partial charge is 0.417 e. The van der Waals surface area contributed by atoms with Gasteiger partial charge in [-0.15, -0.1) is 0 Å². The fraction of sp³-hybridized carbons (Fsp3) is 0.167. The third-order valence-corrected chi connectivity index (χ3v) is 6.70. The average Bonchev–Trinajstić information content (AvgIpc) is 3.26. The van der Waals surface area contributed by atoms with Crippen molar-refractivity contribution in [3.05, 3.63) is 72.6 Å². The first kappa shape index (κ1) is 24.3. The zero-order valence-corrected chi connectivity index (χ0v) is 19.4. The minimum absolute atomic E-state index is 0.133. The molecule has 0 saturated heterocycles. The Balaban J connectivity index is 2.08. The molecule has 0 radical (unpaired) electrons. The van der Waals surface area contributed by atoms with Gasteiger partial charge in [0, 0.05) is 30.4 Å². The largest absolute Gasteiger partial charge is 0.494 e. The van der Waals surface area contributed by atoms with Crippen LogP contribution in [-0.2, 0) is 21.0 Å². The van der Waals surface area contributed by atoms with Crippen LogP contribution < -0.4 is 9.46 Å². The van der Waals surface area contributed by atoms with Gasteiger partial charge in [-0.1, -0.05) is 18.2 Å². The molecule has 1 amide bonds. The van der Waals surface area contributed by atoms with E-state index in [1.165, 1.54) is 41.0 Å². The first-order valence-electron chi connectivity index (χ1n) is 10.5. The Kier molecular flexibility index (Phi) is 6.28. The number of sulfonamides is 1. The second-order valence-corrected chi connectivity index (χ2v) is 9.22. The third kappa shape index (κ3) is 4.85. The van der Waals surface area contributed by atoms with Gasteiger partial charge in [-0.25, -0.2) is 17.7 Å². The molecule has 2 aromatic carbocycles. The molecule has 11 heteroatoms. The van der Waals surface area contributed by atoms with Gasteiger partial charge in [0.1, 0.15) is 10.6 Å². The maximum Gasteiger partial charge on any atom is 0.417 e. The van der Waals surface area contributed by atoms with E-state index in [4.69, 9.17) is 4.74 Å². The van der Waals surface area contributed by atoms with Crippen molar-refractivity contribution in [2.45, 2.75) is 24.9 Å². The molecule has 4 aromatic rings. The van der Waals surface area contributed by atoms with E-state index in [9.17, 15) is 26.4 Å². The Labute approximate surface area is 199 Å². The molecule has 4 rings (SSSR count). The van der Waals surface area contributed by atoms with Gasteiger partial charge in [-0.2, -0.15) is 18.3 Å². The number of fused-ring (bicyclic) bond motifs is 1. The Morgan fingerprint density at radius 3 is 2.40 bits per heavy atom. The number of nitrogens with zero attached hydrogens (tertiary/aromatic N) is 2. The average molecular weight is 504 g/mol. The molecule has 0 aliphatic carbocycles. The zero-order valence-electron chi connectivity index (χ0n) is 18.6. The quantitative estimate of drug-likeness (QED) is 0.404. The van der Waals surface area contributed by atoms with E-state index in [0.717, 1.165) is 13.0 Å². The Hall–Kier alpha value is -3.86. The van der Waals surface area contributed by atoms with Gasteiger partial charge in [-0.3, -0.25) is 4.79 Å². The maximum atomic E-state index is 14.3. The van der Waals surface area contributed by atoms with Crippen molar-refractivity contribution in [1.29, 1.82) is 0 Å². The number of benzene rings is 2. The Morgan fingerprint density at radius 1 is 1.06 bits per heavy atom. The molecule has 35 heavy (non-hydrogen) atoms. The molecule has 0 saturated carbocycles. The van der Waals surface area contributed by atoms with Crippen LogP contribution in [0.15, 0.2) is 71.9 Å². The van der Waals surface area contributed by atoms with Crippen LogP contribution in [0.5, 0.6) is 5.75 Å². The number of amides is 1. The number of rotatable bonds is 6. The molecule has 0 unspecified atom stereocenters. The van der Waals surface area contributed by atoms with Gasteiger partial charge >= 0.3 is 6.18 Å². The third-order valence-electron chi connectivity index (χ3n) is 5.16. The lowest BCUT2D eigenvalue weighted by Gasteiger charge is -2.20. The van der Waals surface area contributed by atoms with Gasteiger partial charge < -0.3 is 4.74 Å². The number of halogens is 3. The predicted octanol–water partition coefficient (Wildman–Crippen LogP) is 4.91. The number of nitrogens with one attached hydrogen (secondary N) is 1. The van der Waals surface area contributed by atoms with Crippen molar-refractivity contribution in [2.75, 3.05) is 6.61 Å². The molecule has 0 bridgehead atoms.